The van der Waals surface area contributed by atoms with Crippen molar-refractivity contribution >= 4 is 29.4 Å². The van der Waals surface area contributed by atoms with Gasteiger partial charge in [0.2, 0.25) is 5.91 Å². The van der Waals surface area contributed by atoms with E-state index in [0.29, 0.717) is 11.6 Å². The maximum absolute atomic E-state index is 13.6. The predicted octanol–water partition coefficient (Wildman–Crippen LogP) is 7.29. The second-order valence-electron chi connectivity index (χ2n) is 10.4. The lowest BCUT2D eigenvalue weighted by Crippen LogP contribution is -2.32. The smallest absolute Gasteiger partial charge is 0.241 e. The van der Waals surface area contributed by atoms with Gasteiger partial charge in [0.15, 0.2) is 6.30 Å². The first-order chi connectivity index (χ1) is 19.9. The van der Waals surface area contributed by atoms with Gasteiger partial charge in [0, 0.05) is 68.7 Å². The summed E-state index contributed by atoms with van der Waals surface area (Å²) in [4.78, 5) is 15.3. The molecule has 3 rings (SSSR count). The van der Waals surface area contributed by atoms with Gasteiger partial charge in [-0.2, -0.15) is 5.10 Å². The van der Waals surface area contributed by atoms with E-state index in [1.807, 2.05) is 50.5 Å². The Morgan fingerprint density at radius 3 is 2.36 bits per heavy atom. The van der Waals surface area contributed by atoms with E-state index in [2.05, 4.69) is 61.4 Å². The molecule has 2 aromatic rings. The van der Waals surface area contributed by atoms with E-state index < -0.39 is 6.30 Å². The minimum atomic E-state index is -1.16. The summed E-state index contributed by atoms with van der Waals surface area (Å²) in [6, 6.07) is 6.08. The molecule has 8 heteroatoms. The molecule has 1 fully saturated rings. The molecule has 1 aliphatic carbocycles. The topological polar surface area (TPSA) is 65.4 Å². The van der Waals surface area contributed by atoms with Gasteiger partial charge in [0.1, 0.15) is 0 Å². The second kappa shape index (κ2) is 18.4. The number of hydrogen-bond acceptors (Lipinski definition) is 5. The zero-order valence-electron chi connectivity index (χ0n) is 26.9. The average molecular weight is 579 g/mol. The molecule has 1 aromatic heterocycles. The van der Waals surface area contributed by atoms with Gasteiger partial charge in [-0.05, 0) is 56.4 Å². The first-order valence-electron chi connectivity index (χ1n) is 14.4. The van der Waals surface area contributed by atoms with Gasteiger partial charge in [-0.1, -0.05) is 58.2 Å². The number of rotatable bonds is 12. The highest BCUT2D eigenvalue weighted by molar-refractivity contribution is 5.84. The van der Waals surface area contributed by atoms with Crippen LogP contribution in [0.5, 0.6) is 0 Å². The highest BCUT2D eigenvalue weighted by Crippen LogP contribution is 2.42. The van der Waals surface area contributed by atoms with Gasteiger partial charge < -0.3 is 20.4 Å². The Morgan fingerprint density at radius 1 is 1.24 bits per heavy atom. The zero-order valence-corrected chi connectivity index (χ0v) is 26.9. The number of amides is 1. The number of nitrogens with zero attached hydrogens (tertiary/aromatic N) is 4. The molecule has 230 valence electrons. The van der Waals surface area contributed by atoms with Crippen LogP contribution >= 0.6 is 0 Å². The Labute approximate surface area is 253 Å². The summed E-state index contributed by atoms with van der Waals surface area (Å²) in [6.07, 6.45) is 13.3. The highest BCUT2D eigenvalue weighted by Gasteiger charge is 2.25. The SMILES string of the molecule is C=C(/C(=C\N(C)CC(=O)N(C)C)NC)c1cc(C2CC2)ccc1NC(C)F.C=C/C=C\n1ncc(C=C)c1C.CCC. The van der Waals surface area contributed by atoms with Crippen molar-refractivity contribution in [3.05, 3.63) is 90.6 Å². The maximum Gasteiger partial charge on any atom is 0.241 e. The molecule has 0 radical (unpaired) electrons. The molecular weight excluding hydrogens is 527 g/mol. The molecule has 7 nitrogen and oxygen atoms in total. The molecule has 0 saturated heterocycles. The van der Waals surface area contributed by atoms with Gasteiger partial charge in [0.25, 0.3) is 0 Å². The third kappa shape index (κ3) is 11.8. The summed E-state index contributed by atoms with van der Waals surface area (Å²) >= 11 is 0. The molecule has 1 saturated carbocycles. The zero-order chi connectivity index (χ0) is 31.8. The molecule has 0 spiro atoms. The van der Waals surface area contributed by atoms with Crippen molar-refractivity contribution in [3.8, 4) is 0 Å². The number of nitrogens with one attached hydrogen (secondary N) is 2. The van der Waals surface area contributed by atoms with Crippen molar-refractivity contribution in [2.24, 2.45) is 0 Å². The first kappa shape index (κ1) is 36.0. The number of alkyl halides is 1. The largest absolute Gasteiger partial charge is 0.386 e. The Bertz CT molecular complexity index is 1240. The normalized spacial score (nSPS) is 13.1. The van der Waals surface area contributed by atoms with E-state index in [1.165, 1.54) is 31.7 Å². The molecule has 0 aliphatic heterocycles. The van der Waals surface area contributed by atoms with Crippen molar-refractivity contribution in [1.29, 1.82) is 0 Å². The average Bonchev–Trinajstić information content (AvgIpc) is 3.73. The summed E-state index contributed by atoms with van der Waals surface area (Å²) in [6.45, 7) is 19.5. The monoisotopic (exact) mass is 578 g/mol. The molecular formula is C34H51FN6O. The van der Waals surface area contributed by atoms with Crippen LogP contribution in [-0.4, -0.2) is 66.5 Å². The van der Waals surface area contributed by atoms with E-state index in [0.717, 1.165) is 28.1 Å². The molecule has 1 atom stereocenters. The number of hydrogen-bond donors (Lipinski definition) is 2. The number of aromatic nitrogens is 2. The number of allylic oxidation sites excluding steroid dienone is 3. The van der Waals surface area contributed by atoms with Gasteiger partial charge in [-0.25, -0.2) is 9.07 Å². The van der Waals surface area contributed by atoms with Crippen molar-refractivity contribution in [2.45, 2.75) is 59.2 Å². The van der Waals surface area contributed by atoms with E-state index in [9.17, 15) is 9.18 Å². The Balaban J connectivity index is 0.000000487. The van der Waals surface area contributed by atoms with E-state index >= 15 is 0 Å². The summed E-state index contributed by atoms with van der Waals surface area (Å²) in [5, 5.41) is 10.2. The molecule has 1 aliphatic rings. The van der Waals surface area contributed by atoms with Gasteiger partial charge in [-0.3, -0.25) is 4.79 Å². The quantitative estimate of drug-likeness (QED) is 0.205. The van der Waals surface area contributed by atoms with Crippen LogP contribution in [0.25, 0.3) is 17.8 Å². The summed E-state index contributed by atoms with van der Waals surface area (Å²) in [7, 11) is 7.12. The van der Waals surface area contributed by atoms with Crippen LogP contribution in [0.3, 0.4) is 0 Å². The number of carbonyl (C=O) groups excluding carboxylic acids is 1. The third-order valence-corrected chi connectivity index (χ3v) is 6.27. The fourth-order valence-electron chi connectivity index (χ4n) is 3.81. The summed E-state index contributed by atoms with van der Waals surface area (Å²) < 4.78 is 15.4. The van der Waals surface area contributed by atoms with E-state index in [-0.39, 0.29) is 12.5 Å². The fourth-order valence-corrected chi connectivity index (χ4v) is 3.81. The molecule has 2 N–H and O–H groups in total. The lowest BCUT2D eigenvalue weighted by molar-refractivity contribution is -0.129. The van der Waals surface area contributed by atoms with Crippen molar-refractivity contribution in [3.63, 3.8) is 0 Å². The number of likely N-dealkylation sites (N-methyl/N-ethyl adjacent to an activating group) is 3. The standard InChI is InChI=1S/C21H31FN4O.C10H12N2.C3H8/c1-14(20(23-3)12-26(6)13-21(27)25(4)5)18-11-17(16-7-8-16)9-10-19(18)24-15(2)22;1-4-6-7-12-9(3)10(5-2)8-11-12;1-3-2/h9-12,15-16,23-24H,1,7-8,13H2,2-6H3;4-8H,1-2H2,3H3;3H2,1-2H3/b20-12+;7-6-;. The summed E-state index contributed by atoms with van der Waals surface area (Å²) in [5.74, 6) is 0.606. The van der Waals surface area contributed by atoms with Gasteiger partial charge in [-0.15, -0.1) is 0 Å². The van der Waals surface area contributed by atoms with Gasteiger partial charge >= 0.3 is 0 Å². The first-order valence-corrected chi connectivity index (χ1v) is 14.4. The van der Waals surface area contributed by atoms with Gasteiger partial charge in [0.05, 0.1) is 18.4 Å². The number of halogens is 1. The van der Waals surface area contributed by atoms with Crippen molar-refractivity contribution < 1.29 is 9.18 Å². The second-order valence-corrected chi connectivity index (χ2v) is 10.4. The Morgan fingerprint density at radius 2 is 1.88 bits per heavy atom. The summed E-state index contributed by atoms with van der Waals surface area (Å²) in [5.41, 5.74) is 6.53. The fraction of sp³-hybridized carbons (Fsp3) is 0.412. The van der Waals surface area contributed by atoms with Crippen LogP contribution in [0.4, 0.5) is 10.1 Å². The third-order valence-electron chi connectivity index (χ3n) is 6.27. The lowest BCUT2D eigenvalue weighted by Gasteiger charge is -2.22. The van der Waals surface area contributed by atoms with Crippen LogP contribution in [-0.2, 0) is 4.79 Å². The minimum absolute atomic E-state index is 0.0131. The van der Waals surface area contributed by atoms with E-state index in [1.54, 1.807) is 42.0 Å². The van der Waals surface area contributed by atoms with Crippen LogP contribution in [0.15, 0.2) is 68.2 Å². The van der Waals surface area contributed by atoms with E-state index in [4.69, 9.17) is 0 Å². The molecule has 1 heterocycles. The molecule has 1 amide bonds. The van der Waals surface area contributed by atoms with Crippen LogP contribution < -0.4 is 10.6 Å². The Kier molecular flexibility index (Phi) is 15.7. The molecule has 1 unspecified atom stereocenters. The highest BCUT2D eigenvalue weighted by atomic mass is 19.1. The van der Waals surface area contributed by atoms with Crippen LogP contribution in [0.1, 0.15) is 68.3 Å². The lowest BCUT2D eigenvalue weighted by atomic mass is 9.98. The maximum atomic E-state index is 13.6. The number of carbonyl (C=O) groups is 1. The minimum Gasteiger partial charge on any atom is -0.386 e. The predicted molar refractivity (Wildman–Crippen MR) is 179 cm³/mol. The number of benzene rings is 1. The van der Waals surface area contributed by atoms with Crippen LogP contribution in [0, 0.1) is 6.92 Å². The molecule has 0 bridgehead atoms. The Hall–Kier alpha value is -4.07. The molecule has 1 aromatic carbocycles. The number of anilines is 1. The van der Waals surface area contributed by atoms with Crippen molar-refractivity contribution in [2.75, 3.05) is 40.1 Å². The van der Waals surface area contributed by atoms with Crippen LogP contribution in [0.2, 0.25) is 0 Å². The molecule has 42 heavy (non-hydrogen) atoms. The van der Waals surface area contributed by atoms with Crippen molar-refractivity contribution in [1.82, 2.24) is 24.9 Å².